The van der Waals surface area contributed by atoms with E-state index in [2.05, 4.69) is 21.2 Å². The molecule has 0 aromatic heterocycles. The third-order valence-electron chi connectivity index (χ3n) is 2.64. The fourth-order valence-electron chi connectivity index (χ4n) is 1.58. The van der Waals surface area contributed by atoms with Crippen LogP contribution >= 0.6 is 27.5 Å². The smallest absolute Gasteiger partial charge is 0.123 e. The van der Waals surface area contributed by atoms with Crippen LogP contribution in [0.3, 0.4) is 0 Å². The van der Waals surface area contributed by atoms with Crippen LogP contribution in [0.2, 0.25) is 5.02 Å². The van der Waals surface area contributed by atoms with E-state index in [4.69, 9.17) is 11.6 Å². The highest BCUT2D eigenvalue weighted by atomic mass is 79.9. The highest BCUT2D eigenvalue weighted by molar-refractivity contribution is 9.10. The van der Waals surface area contributed by atoms with Gasteiger partial charge < -0.3 is 5.32 Å². The fraction of sp³-hybridized carbons (Fsp3) is 0.143. The van der Waals surface area contributed by atoms with Gasteiger partial charge >= 0.3 is 0 Å². The van der Waals surface area contributed by atoms with Crippen LogP contribution in [0.25, 0.3) is 0 Å². The van der Waals surface area contributed by atoms with Crippen molar-refractivity contribution in [1.29, 1.82) is 0 Å². The molecule has 1 nitrogen and oxygen atoms in total. The van der Waals surface area contributed by atoms with Crippen molar-refractivity contribution in [1.82, 2.24) is 0 Å². The van der Waals surface area contributed by atoms with E-state index in [1.807, 2.05) is 19.1 Å². The Balaban J connectivity index is 2.10. The second-order valence-corrected chi connectivity index (χ2v) is 5.32. The summed E-state index contributed by atoms with van der Waals surface area (Å²) in [5.74, 6) is -0.224. The van der Waals surface area contributed by atoms with E-state index in [-0.39, 0.29) is 5.82 Å². The molecule has 0 aliphatic carbocycles. The van der Waals surface area contributed by atoms with E-state index in [1.54, 1.807) is 12.1 Å². The number of rotatable bonds is 3. The van der Waals surface area contributed by atoms with Crippen LogP contribution in [0.1, 0.15) is 11.1 Å². The minimum atomic E-state index is -0.224. The maximum atomic E-state index is 12.8. The van der Waals surface area contributed by atoms with E-state index in [1.165, 1.54) is 12.1 Å². The van der Waals surface area contributed by atoms with Gasteiger partial charge in [-0.05, 0) is 58.2 Å². The molecule has 18 heavy (non-hydrogen) atoms. The topological polar surface area (TPSA) is 12.0 Å². The molecular weight excluding hydrogens is 317 g/mol. The van der Waals surface area contributed by atoms with Crippen LogP contribution in [0.15, 0.2) is 40.9 Å². The van der Waals surface area contributed by atoms with E-state index in [0.717, 1.165) is 26.3 Å². The summed E-state index contributed by atoms with van der Waals surface area (Å²) < 4.78 is 13.7. The van der Waals surface area contributed by atoms with Crippen molar-refractivity contribution in [2.24, 2.45) is 0 Å². The number of hydrogen-bond donors (Lipinski definition) is 1. The van der Waals surface area contributed by atoms with Gasteiger partial charge in [-0.1, -0.05) is 23.7 Å². The maximum Gasteiger partial charge on any atom is 0.123 e. The summed E-state index contributed by atoms with van der Waals surface area (Å²) in [7, 11) is 0. The van der Waals surface area contributed by atoms with Crippen molar-refractivity contribution >= 4 is 33.2 Å². The molecule has 0 heterocycles. The van der Waals surface area contributed by atoms with E-state index >= 15 is 0 Å². The molecule has 0 spiro atoms. The van der Waals surface area contributed by atoms with Crippen LogP contribution in [-0.2, 0) is 6.54 Å². The average molecular weight is 329 g/mol. The molecule has 2 aromatic rings. The first-order valence-corrected chi connectivity index (χ1v) is 6.67. The number of benzene rings is 2. The fourth-order valence-corrected chi connectivity index (χ4v) is 2.34. The predicted octanol–water partition coefficient (Wildman–Crippen LogP) is 5.16. The average Bonchev–Trinajstić information content (AvgIpc) is 2.34. The first-order chi connectivity index (χ1) is 8.56. The molecule has 0 amide bonds. The lowest BCUT2D eigenvalue weighted by atomic mass is 10.2. The van der Waals surface area contributed by atoms with Crippen LogP contribution in [0.5, 0.6) is 0 Å². The van der Waals surface area contributed by atoms with Crippen molar-refractivity contribution in [2.45, 2.75) is 13.5 Å². The molecular formula is C14H12BrClFN. The summed E-state index contributed by atoms with van der Waals surface area (Å²) in [6.45, 7) is 2.58. The van der Waals surface area contributed by atoms with Gasteiger partial charge in [0.15, 0.2) is 0 Å². The quantitative estimate of drug-likeness (QED) is 0.820. The Morgan fingerprint density at radius 3 is 2.56 bits per heavy atom. The van der Waals surface area contributed by atoms with Gasteiger partial charge in [0.2, 0.25) is 0 Å². The van der Waals surface area contributed by atoms with Gasteiger partial charge in [-0.15, -0.1) is 0 Å². The molecule has 2 rings (SSSR count). The van der Waals surface area contributed by atoms with E-state index in [9.17, 15) is 4.39 Å². The summed E-state index contributed by atoms with van der Waals surface area (Å²) in [5.41, 5.74) is 2.96. The van der Waals surface area contributed by atoms with Crippen LogP contribution in [0.4, 0.5) is 10.1 Å². The Kier molecular flexibility index (Phi) is 4.25. The summed E-state index contributed by atoms with van der Waals surface area (Å²) in [4.78, 5) is 0. The van der Waals surface area contributed by atoms with Crippen LogP contribution in [-0.4, -0.2) is 0 Å². The first-order valence-electron chi connectivity index (χ1n) is 5.50. The minimum absolute atomic E-state index is 0.224. The Labute approximate surface area is 119 Å². The molecule has 0 aliphatic rings. The third-order valence-corrected chi connectivity index (χ3v) is 3.71. The molecule has 4 heteroatoms. The SMILES string of the molecule is Cc1cc(Br)c(NCc2ccc(F)cc2)cc1Cl. The Hall–Kier alpha value is -1.06. The Morgan fingerprint density at radius 2 is 1.89 bits per heavy atom. The van der Waals surface area contributed by atoms with Crippen LogP contribution in [0, 0.1) is 12.7 Å². The largest absolute Gasteiger partial charge is 0.380 e. The zero-order valence-corrected chi connectivity index (χ0v) is 12.1. The highest BCUT2D eigenvalue weighted by Crippen LogP contribution is 2.29. The number of anilines is 1. The molecule has 0 fully saturated rings. The summed E-state index contributed by atoms with van der Waals surface area (Å²) in [5, 5.41) is 3.99. The number of hydrogen-bond acceptors (Lipinski definition) is 1. The van der Waals surface area contributed by atoms with Gasteiger partial charge in [0.1, 0.15) is 5.82 Å². The van der Waals surface area contributed by atoms with Gasteiger partial charge in [0.25, 0.3) is 0 Å². The lowest BCUT2D eigenvalue weighted by molar-refractivity contribution is 0.627. The highest BCUT2D eigenvalue weighted by Gasteiger charge is 2.04. The predicted molar refractivity (Wildman–Crippen MR) is 77.6 cm³/mol. The van der Waals surface area contributed by atoms with Gasteiger partial charge in [-0.3, -0.25) is 0 Å². The van der Waals surface area contributed by atoms with Crippen molar-refractivity contribution in [3.8, 4) is 0 Å². The molecule has 0 atom stereocenters. The number of halogens is 3. The summed E-state index contributed by atoms with van der Waals surface area (Å²) >= 11 is 9.56. The van der Waals surface area contributed by atoms with Crippen molar-refractivity contribution in [3.05, 3.63) is 62.8 Å². The molecule has 0 radical (unpaired) electrons. The first kappa shape index (κ1) is 13.4. The van der Waals surface area contributed by atoms with E-state index in [0.29, 0.717) is 6.54 Å². The molecule has 0 aliphatic heterocycles. The zero-order chi connectivity index (χ0) is 13.1. The van der Waals surface area contributed by atoms with Crippen LogP contribution < -0.4 is 5.32 Å². The molecule has 0 saturated carbocycles. The minimum Gasteiger partial charge on any atom is -0.380 e. The lowest BCUT2D eigenvalue weighted by Gasteiger charge is -2.10. The zero-order valence-electron chi connectivity index (χ0n) is 9.81. The van der Waals surface area contributed by atoms with Gasteiger partial charge in [0.05, 0.1) is 5.69 Å². The molecule has 0 unspecified atom stereocenters. The molecule has 2 aromatic carbocycles. The molecule has 1 N–H and O–H groups in total. The van der Waals surface area contributed by atoms with Crippen molar-refractivity contribution in [2.75, 3.05) is 5.32 Å². The third kappa shape index (κ3) is 3.24. The lowest BCUT2D eigenvalue weighted by Crippen LogP contribution is -2.00. The normalized spacial score (nSPS) is 10.4. The second kappa shape index (κ2) is 5.72. The Bertz CT molecular complexity index is 554. The van der Waals surface area contributed by atoms with Crippen molar-refractivity contribution < 1.29 is 4.39 Å². The van der Waals surface area contributed by atoms with Gasteiger partial charge in [-0.25, -0.2) is 4.39 Å². The number of aryl methyl sites for hydroxylation is 1. The van der Waals surface area contributed by atoms with Gasteiger partial charge in [-0.2, -0.15) is 0 Å². The maximum absolute atomic E-state index is 12.8. The molecule has 0 bridgehead atoms. The molecule has 0 saturated heterocycles. The number of nitrogens with one attached hydrogen (secondary N) is 1. The standard InChI is InChI=1S/C14H12BrClFN/c1-9-6-12(15)14(7-13(9)16)18-8-10-2-4-11(17)5-3-10/h2-7,18H,8H2,1H3. The summed E-state index contributed by atoms with van der Waals surface area (Å²) in [6.07, 6.45) is 0. The molecule has 94 valence electrons. The Morgan fingerprint density at radius 1 is 1.22 bits per heavy atom. The summed E-state index contributed by atoms with van der Waals surface area (Å²) in [6, 6.07) is 10.3. The second-order valence-electron chi connectivity index (χ2n) is 4.06. The van der Waals surface area contributed by atoms with Crippen molar-refractivity contribution in [3.63, 3.8) is 0 Å². The monoisotopic (exact) mass is 327 g/mol. The van der Waals surface area contributed by atoms with E-state index < -0.39 is 0 Å². The van der Waals surface area contributed by atoms with Gasteiger partial charge in [0, 0.05) is 16.0 Å².